The topological polar surface area (TPSA) is 55.1 Å². The van der Waals surface area contributed by atoms with Crippen molar-refractivity contribution in [3.63, 3.8) is 0 Å². The Kier molecular flexibility index (Phi) is 5.40. The van der Waals surface area contributed by atoms with Gasteiger partial charge in [0.25, 0.3) is 5.91 Å². The zero-order valence-corrected chi connectivity index (χ0v) is 17.8. The molecule has 0 radical (unpaired) electrons. The van der Waals surface area contributed by atoms with Crippen LogP contribution in [0.25, 0.3) is 22.6 Å². The molecule has 0 saturated heterocycles. The summed E-state index contributed by atoms with van der Waals surface area (Å²) in [6.07, 6.45) is 1.09. The van der Waals surface area contributed by atoms with Crippen LogP contribution in [0, 0.1) is 13.8 Å². The van der Waals surface area contributed by atoms with Crippen LogP contribution in [0.2, 0.25) is 0 Å². The summed E-state index contributed by atoms with van der Waals surface area (Å²) in [5.41, 5.74) is 7.34. The van der Waals surface area contributed by atoms with Crippen LogP contribution in [0.15, 0.2) is 65.1 Å². The molecular formula is C26H26N2O2. The van der Waals surface area contributed by atoms with E-state index in [1.807, 2.05) is 56.3 Å². The van der Waals surface area contributed by atoms with Gasteiger partial charge in [0.1, 0.15) is 5.52 Å². The van der Waals surface area contributed by atoms with Crippen LogP contribution in [0.4, 0.5) is 5.69 Å². The third-order valence-electron chi connectivity index (χ3n) is 5.47. The predicted octanol–water partition coefficient (Wildman–Crippen LogP) is 6.88. The van der Waals surface area contributed by atoms with Crippen LogP contribution in [-0.2, 0) is 0 Å². The fraction of sp³-hybridized carbons (Fsp3) is 0.231. The highest BCUT2D eigenvalue weighted by molar-refractivity contribution is 6.04. The van der Waals surface area contributed by atoms with E-state index in [0.717, 1.165) is 39.9 Å². The molecule has 1 N–H and O–H groups in total. The van der Waals surface area contributed by atoms with Gasteiger partial charge >= 0.3 is 0 Å². The highest BCUT2D eigenvalue weighted by Gasteiger charge is 2.12. The second-order valence-corrected chi connectivity index (χ2v) is 7.96. The van der Waals surface area contributed by atoms with Gasteiger partial charge in [-0.25, -0.2) is 4.98 Å². The van der Waals surface area contributed by atoms with Gasteiger partial charge in [0.2, 0.25) is 5.89 Å². The molecule has 152 valence electrons. The molecule has 0 spiro atoms. The SMILES string of the molecule is CC[C@H](C)c1ccc2oc(-c3ccc(NC(=O)c4cc(C)cc(C)c4)cc3)nc2c1. The van der Waals surface area contributed by atoms with E-state index in [9.17, 15) is 4.79 Å². The van der Waals surface area contributed by atoms with Gasteiger partial charge in [-0.3, -0.25) is 4.79 Å². The summed E-state index contributed by atoms with van der Waals surface area (Å²) in [7, 11) is 0. The van der Waals surface area contributed by atoms with Gasteiger partial charge in [-0.2, -0.15) is 0 Å². The molecular weight excluding hydrogens is 372 g/mol. The molecule has 1 heterocycles. The van der Waals surface area contributed by atoms with E-state index in [0.29, 0.717) is 17.4 Å². The zero-order chi connectivity index (χ0) is 21.3. The first kappa shape index (κ1) is 19.9. The third kappa shape index (κ3) is 4.13. The number of rotatable bonds is 5. The number of aryl methyl sites for hydroxylation is 2. The summed E-state index contributed by atoms with van der Waals surface area (Å²) in [5, 5.41) is 2.95. The number of carbonyl (C=O) groups is 1. The molecule has 4 nitrogen and oxygen atoms in total. The first-order chi connectivity index (χ1) is 14.4. The minimum absolute atomic E-state index is 0.117. The van der Waals surface area contributed by atoms with Crippen LogP contribution < -0.4 is 5.32 Å². The van der Waals surface area contributed by atoms with Gasteiger partial charge in [0.05, 0.1) is 0 Å². The highest BCUT2D eigenvalue weighted by atomic mass is 16.3. The summed E-state index contributed by atoms with van der Waals surface area (Å²) < 4.78 is 5.94. The maximum Gasteiger partial charge on any atom is 0.255 e. The molecule has 1 amide bonds. The van der Waals surface area contributed by atoms with Gasteiger partial charge in [-0.05, 0) is 80.3 Å². The molecule has 1 aromatic heterocycles. The number of hydrogen-bond donors (Lipinski definition) is 1. The molecule has 4 aromatic rings. The third-order valence-corrected chi connectivity index (χ3v) is 5.47. The number of fused-ring (bicyclic) bond motifs is 1. The van der Waals surface area contributed by atoms with Crippen LogP contribution in [0.5, 0.6) is 0 Å². The summed E-state index contributed by atoms with van der Waals surface area (Å²) in [5.74, 6) is 0.960. The van der Waals surface area contributed by atoms with E-state index in [1.54, 1.807) is 0 Å². The molecule has 0 unspecified atom stereocenters. The van der Waals surface area contributed by atoms with Crippen molar-refractivity contribution in [1.29, 1.82) is 0 Å². The predicted molar refractivity (Wildman–Crippen MR) is 122 cm³/mol. The number of anilines is 1. The minimum atomic E-state index is -0.117. The van der Waals surface area contributed by atoms with E-state index in [-0.39, 0.29) is 5.91 Å². The van der Waals surface area contributed by atoms with Crippen molar-refractivity contribution in [3.05, 3.63) is 82.9 Å². The van der Waals surface area contributed by atoms with Gasteiger partial charge in [0.15, 0.2) is 5.58 Å². The quantitative estimate of drug-likeness (QED) is 0.399. The van der Waals surface area contributed by atoms with Crippen molar-refractivity contribution in [3.8, 4) is 11.5 Å². The second kappa shape index (κ2) is 8.15. The highest BCUT2D eigenvalue weighted by Crippen LogP contribution is 2.28. The lowest BCUT2D eigenvalue weighted by Crippen LogP contribution is -2.12. The zero-order valence-electron chi connectivity index (χ0n) is 17.8. The number of oxazole rings is 1. The number of benzene rings is 3. The molecule has 4 rings (SSSR count). The standard InChI is InChI=1S/C26H26N2O2/c1-5-18(4)20-8-11-24-23(15-20)28-26(30-24)19-6-9-22(10-7-19)27-25(29)21-13-16(2)12-17(3)14-21/h6-15,18H,5H2,1-4H3,(H,27,29)/t18-/m0/s1. The largest absolute Gasteiger partial charge is 0.436 e. The fourth-order valence-corrected chi connectivity index (χ4v) is 3.62. The number of nitrogens with zero attached hydrogens (tertiary/aromatic N) is 1. The van der Waals surface area contributed by atoms with Crippen molar-refractivity contribution in [2.24, 2.45) is 0 Å². The molecule has 0 aliphatic heterocycles. The first-order valence-corrected chi connectivity index (χ1v) is 10.3. The summed E-state index contributed by atoms with van der Waals surface area (Å²) >= 11 is 0. The molecule has 4 heteroatoms. The summed E-state index contributed by atoms with van der Waals surface area (Å²) in [6, 6.07) is 19.6. The Bertz CT molecular complexity index is 1190. The van der Waals surface area contributed by atoms with Gasteiger partial charge in [-0.15, -0.1) is 0 Å². The normalized spacial score (nSPS) is 12.1. The van der Waals surface area contributed by atoms with Gasteiger partial charge in [0, 0.05) is 16.8 Å². The van der Waals surface area contributed by atoms with Crippen LogP contribution in [-0.4, -0.2) is 10.9 Å². The van der Waals surface area contributed by atoms with E-state index in [1.165, 1.54) is 5.56 Å². The second-order valence-electron chi connectivity index (χ2n) is 7.96. The van der Waals surface area contributed by atoms with E-state index < -0.39 is 0 Å². The first-order valence-electron chi connectivity index (χ1n) is 10.3. The van der Waals surface area contributed by atoms with Crippen molar-refractivity contribution in [2.45, 2.75) is 40.0 Å². The number of carbonyl (C=O) groups excluding carboxylic acids is 1. The Labute approximate surface area is 177 Å². The average Bonchev–Trinajstić information content (AvgIpc) is 3.16. The molecule has 3 aromatic carbocycles. The van der Waals surface area contributed by atoms with Crippen LogP contribution in [0.3, 0.4) is 0 Å². The lowest BCUT2D eigenvalue weighted by molar-refractivity contribution is 0.102. The van der Waals surface area contributed by atoms with E-state index in [2.05, 4.69) is 42.3 Å². The van der Waals surface area contributed by atoms with Crippen molar-refractivity contribution in [2.75, 3.05) is 5.32 Å². The van der Waals surface area contributed by atoms with Gasteiger partial charge < -0.3 is 9.73 Å². The van der Waals surface area contributed by atoms with Crippen molar-refractivity contribution in [1.82, 2.24) is 4.98 Å². The molecule has 1 atom stereocenters. The van der Waals surface area contributed by atoms with E-state index >= 15 is 0 Å². The Morgan fingerprint density at radius 3 is 2.37 bits per heavy atom. The maximum absolute atomic E-state index is 12.6. The molecule has 0 aliphatic carbocycles. The Morgan fingerprint density at radius 2 is 1.70 bits per heavy atom. The molecule has 30 heavy (non-hydrogen) atoms. The van der Waals surface area contributed by atoms with Crippen molar-refractivity contribution < 1.29 is 9.21 Å². The number of hydrogen-bond acceptors (Lipinski definition) is 3. The molecule has 0 saturated carbocycles. The lowest BCUT2D eigenvalue weighted by atomic mass is 9.98. The Hall–Kier alpha value is -3.40. The van der Waals surface area contributed by atoms with Crippen molar-refractivity contribution >= 4 is 22.7 Å². The summed E-state index contributed by atoms with van der Waals surface area (Å²) in [6.45, 7) is 8.38. The average molecular weight is 399 g/mol. The molecule has 0 aliphatic rings. The van der Waals surface area contributed by atoms with Crippen LogP contribution >= 0.6 is 0 Å². The lowest BCUT2D eigenvalue weighted by Gasteiger charge is -2.07. The fourth-order valence-electron chi connectivity index (χ4n) is 3.62. The van der Waals surface area contributed by atoms with Crippen LogP contribution in [0.1, 0.15) is 53.2 Å². The molecule has 0 bridgehead atoms. The number of nitrogens with one attached hydrogen (secondary N) is 1. The number of amides is 1. The van der Waals surface area contributed by atoms with Gasteiger partial charge in [-0.1, -0.05) is 37.1 Å². The Morgan fingerprint density at radius 1 is 1.00 bits per heavy atom. The van der Waals surface area contributed by atoms with E-state index in [4.69, 9.17) is 4.42 Å². The number of aromatic nitrogens is 1. The Balaban J connectivity index is 1.53. The summed E-state index contributed by atoms with van der Waals surface area (Å²) in [4.78, 5) is 17.2. The smallest absolute Gasteiger partial charge is 0.255 e. The monoisotopic (exact) mass is 398 g/mol. The minimum Gasteiger partial charge on any atom is -0.436 e. The molecule has 0 fully saturated rings. The maximum atomic E-state index is 12.6.